The van der Waals surface area contributed by atoms with E-state index in [0.29, 0.717) is 6.54 Å². The molecule has 0 spiro atoms. The van der Waals surface area contributed by atoms with Crippen molar-refractivity contribution in [1.29, 1.82) is 0 Å². The van der Waals surface area contributed by atoms with E-state index in [1.54, 1.807) is 10.9 Å². The van der Waals surface area contributed by atoms with E-state index < -0.39 is 0 Å². The molecule has 1 saturated heterocycles. The fraction of sp³-hybridized carbons (Fsp3) is 0.353. The van der Waals surface area contributed by atoms with Crippen LogP contribution >= 0.6 is 0 Å². The largest absolute Gasteiger partial charge is 0.324 e. The van der Waals surface area contributed by atoms with Gasteiger partial charge in [-0.15, -0.1) is 0 Å². The minimum absolute atomic E-state index is 0.0219. The minimum Gasteiger partial charge on any atom is -0.324 e. The highest BCUT2D eigenvalue weighted by atomic mass is 16.2. The lowest BCUT2D eigenvalue weighted by Crippen LogP contribution is -2.28. The molecule has 7 nitrogen and oxygen atoms in total. The second kappa shape index (κ2) is 5.76. The molecule has 0 unspecified atom stereocenters. The van der Waals surface area contributed by atoms with Gasteiger partial charge in [0.05, 0.1) is 29.5 Å². The molecule has 0 bridgehead atoms. The second-order valence-corrected chi connectivity index (χ2v) is 6.40. The van der Waals surface area contributed by atoms with Gasteiger partial charge in [-0.1, -0.05) is 6.07 Å². The van der Waals surface area contributed by atoms with Gasteiger partial charge in [-0.25, -0.2) is 0 Å². The van der Waals surface area contributed by atoms with Gasteiger partial charge >= 0.3 is 0 Å². The summed E-state index contributed by atoms with van der Waals surface area (Å²) in [6.45, 7) is 3.49. The number of fused-ring (bicyclic) bond motifs is 1. The fourth-order valence-corrected chi connectivity index (χ4v) is 3.44. The first-order valence-electron chi connectivity index (χ1n) is 8.06. The van der Waals surface area contributed by atoms with Crippen molar-refractivity contribution in [1.82, 2.24) is 25.3 Å². The van der Waals surface area contributed by atoms with Crippen molar-refractivity contribution >= 4 is 22.5 Å². The Bertz CT molecular complexity index is 896. The summed E-state index contributed by atoms with van der Waals surface area (Å²) in [5, 5.41) is 18.7. The Balaban J connectivity index is 1.59. The Labute approximate surface area is 139 Å². The number of nitrogens with one attached hydrogen (secondary N) is 3. The molecule has 1 amide bonds. The van der Waals surface area contributed by atoms with Crippen molar-refractivity contribution in [3.05, 3.63) is 41.9 Å². The molecular formula is C17H20N6O. The number of aromatic amines is 1. The number of hydrogen-bond donors (Lipinski definition) is 3. The van der Waals surface area contributed by atoms with E-state index in [9.17, 15) is 4.79 Å². The maximum absolute atomic E-state index is 12.8. The topological polar surface area (TPSA) is 87.6 Å². The van der Waals surface area contributed by atoms with Crippen LogP contribution in [0.5, 0.6) is 0 Å². The molecule has 4 rings (SSSR count). The molecule has 3 aromatic rings. The normalized spacial score (nSPS) is 20.6. The summed E-state index contributed by atoms with van der Waals surface area (Å²) in [5.41, 5.74) is 3.87. The van der Waals surface area contributed by atoms with E-state index in [1.165, 1.54) is 0 Å². The van der Waals surface area contributed by atoms with E-state index >= 15 is 0 Å². The molecule has 7 heteroatoms. The number of aryl methyl sites for hydroxylation is 2. The minimum atomic E-state index is -0.117. The third-order valence-electron chi connectivity index (χ3n) is 4.80. The Kier molecular flexibility index (Phi) is 3.57. The summed E-state index contributed by atoms with van der Waals surface area (Å²) in [6, 6.07) is 3.92. The van der Waals surface area contributed by atoms with E-state index in [0.717, 1.165) is 34.3 Å². The van der Waals surface area contributed by atoms with Gasteiger partial charge in [0.1, 0.15) is 0 Å². The number of benzene rings is 1. The summed E-state index contributed by atoms with van der Waals surface area (Å²) in [7, 11) is 1.89. The van der Waals surface area contributed by atoms with Crippen LogP contribution in [0.4, 0.5) is 5.69 Å². The molecule has 1 aliphatic rings. The molecular weight excluding hydrogens is 304 g/mol. The average molecular weight is 324 g/mol. The smallest absolute Gasteiger partial charge is 0.229 e. The SMILES string of the molecule is Cc1ccc(NC(=O)[C@H]2CNC[C@@H]2c2cnn(C)c2)c2[nH]ncc12. The van der Waals surface area contributed by atoms with E-state index in [1.807, 2.05) is 38.5 Å². The number of nitrogens with zero attached hydrogens (tertiary/aromatic N) is 3. The van der Waals surface area contributed by atoms with E-state index in [-0.39, 0.29) is 17.7 Å². The van der Waals surface area contributed by atoms with Crippen LogP contribution in [0.25, 0.3) is 10.9 Å². The average Bonchev–Trinajstić information content (AvgIpc) is 3.28. The molecule has 24 heavy (non-hydrogen) atoms. The first kappa shape index (κ1) is 14.9. The van der Waals surface area contributed by atoms with Gasteiger partial charge in [0.15, 0.2) is 0 Å². The van der Waals surface area contributed by atoms with Crippen molar-refractivity contribution in [3.8, 4) is 0 Å². The lowest BCUT2D eigenvalue weighted by Gasteiger charge is -2.17. The van der Waals surface area contributed by atoms with Gasteiger partial charge in [-0.05, 0) is 24.1 Å². The van der Waals surface area contributed by atoms with Crippen LogP contribution in [0.2, 0.25) is 0 Å². The Morgan fingerprint density at radius 1 is 1.33 bits per heavy atom. The number of hydrogen-bond acceptors (Lipinski definition) is 4. The van der Waals surface area contributed by atoms with Gasteiger partial charge < -0.3 is 10.6 Å². The molecule has 0 aliphatic carbocycles. The van der Waals surface area contributed by atoms with Crippen LogP contribution in [0.15, 0.2) is 30.7 Å². The molecule has 1 aliphatic heterocycles. The number of rotatable bonds is 3. The molecule has 124 valence electrons. The van der Waals surface area contributed by atoms with Crippen molar-refractivity contribution in [2.75, 3.05) is 18.4 Å². The number of amides is 1. The molecule has 1 aromatic carbocycles. The fourth-order valence-electron chi connectivity index (χ4n) is 3.44. The van der Waals surface area contributed by atoms with Crippen molar-refractivity contribution in [2.24, 2.45) is 13.0 Å². The molecule has 2 aromatic heterocycles. The Morgan fingerprint density at radius 3 is 3.00 bits per heavy atom. The summed E-state index contributed by atoms with van der Waals surface area (Å²) in [6.07, 6.45) is 5.61. The first-order valence-corrected chi connectivity index (χ1v) is 8.06. The molecule has 2 atom stereocenters. The summed E-state index contributed by atoms with van der Waals surface area (Å²) in [4.78, 5) is 12.8. The van der Waals surface area contributed by atoms with Crippen molar-refractivity contribution < 1.29 is 4.79 Å². The summed E-state index contributed by atoms with van der Waals surface area (Å²) in [5.74, 6) is 0.0449. The van der Waals surface area contributed by atoms with E-state index in [4.69, 9.17) is 0 Å². The predicted octanol–water partition coefficient (Wildman–Crippen LogP) is 1.55. The quantitative estimate of drug-likeness (QED) is 0.682. The van der Waals surface area contributed by atoms with Gasteiger partial charge in [0, 0.05) is 37.6 Å². The predicted molar refractivity (Wildman–Crippen MR) is 91.8 cm³/mol. The van der Waals surface area contributed by atoms with Crippen LogP contribution in [-0.2, 0) is 11.8 Å². The third-order valence-corrected chi connectivity index (χ3v) is 4.80. The highest BCUT2D eigenvalue weighted by Gasteiger charge is 2.34. The van der Waals surface area contributed by atoms with Crippen LogP contribution in [-0.4, -0.2) is 39.0 Å². The maximum Gasteiger partial charge on any atom is 0.229 e. The number of H-pyrrole nitrogens is 1. The number of anilines is 1. The molecule has 3 heterocycles. The zero-order valence-corrected chi connectivity index (χ0v) is 13.7. The van der Waals surface area contributed by atoms with Gasteiger partial charge in [-0.3, -0.25) is 14.6 Å². The standard InChI is InChI=1S/C17H20N6O/c1-10-3-4-15(16-12(10)8-19-22-16)21-17(24)14-7-18-6-13(14)11-5-20-23(2)9-11/h3-5,8-9,13-14,18H,6-7H2,1-2H3,(H,19,22)(H,21,24)/t13-,14+/m1/s1. The molecule has 0 saturated carbocycles. The molecule has 3 N–H and O–H groups in total. The number of aromatic nitrogens is 4. The molecule has 0 radical (unpaired) electrons. The van der Waals surface area contributed by atoms with Crippen molar-refractivity contribution in [3.63, 3.8) is 0 Å². The zero-order chi connectivity index (χ0) is 16.7. The number of carbonyl (C=O) groups excluding carboxylic acids is 1. The van der Waals surface area contributed by atoms with Gasteiger partial charge in [0.2, 0.25) is 5.91 Å². The van der Waals surface area contributed by atoms with Gasteiger partial charge in [0.25, 0.3) is 0 Å². The highest BCUT2D eigenvalue weighted by Crippen LogP contribution is 2.30. The van der Waals surface area contributed by atoms with E-state index in [2.05, 4.69) is 25.9 Å². The number of carbonyl (C=O) groups is 1. The zero-order valence-electron chi connectivity index (χ0n) is 13.7. The summed E-state index contributed by atoms with van der Waals surface area (Å²) >= 11 is 0. The Hall–Kier alpha value is -2.67. The second-order valence-electron chi connectivity index (χ2n) is 6.40. The lowest BCUT2D eigenvalue weighted by molar-refractivity contribution is -0.119. The van der Waals surface area contributed by atoms with Crippen LogP contribution < -0.4 is 10.6 Å². The Morgan fingerprint density at radius 2 is 2.21 bits per heavy atom. The highest BCUT2D eigenvalue weighted by molar-refractivity contribution is 6.02. The lowest BCUT2D eigenvalue weighted by atomic mass is 9.90. The third kappa shape index (κ3) is 2.46. The first-order chi connectivity index (χ1) is 11.6. The van der Waals surface area contributed by atoms with Crippen LogP contribution in [0.3, 0.4) is 0 Å². The summed E-state index contributed by atoms with van der Waals surface area (Å²) < 4.78 is 1.77. The van der Waals surface area contributed by atoms with Crippen molar-refractivity contribution in [2.45, 2.75) is 12.8 Å². The van der Waals surface area contributed by atoms with Gasteiger partial charge in [-0.2, -0.15) is 10.2 Å². The van der Waals surface area contributed by atoms with Crippen LogP contribution in [0, 0.1) is 12.8 Å². The molecule has 1 fully saturated rings. The monoisotopic (exact) mass is 324 g/mol. The van der Waals surface area contributed by atoms with Crippen LogP contribution in [0.1, 0.15) is 17.0 Å². The maximum atomic E-state index is 12.8.